The number of carboxylic acid groups (broad SMARTS) is 2. The van der Waals surface area contributed by atoms with E-state index in [0.29, 0.717) is 32.3 Å². The molecular weight excluding hydrogens is 767 g/mol. The van der Waals surface area contributed by atoms with Crippen LogP contribution in [0.4, 0.5) is 0 Å². The smallest absolute Gasteiger partial charge is 0.335 e. The Balaban J connectivity index is 1.24. The third kappa shape index (κ3) is 4.85. The summed E-state index contributed by atoms with van der Waals surface area (Å²) in [6.07, 6.45) is 11.6. The molecule has 5 saturated carbocycles. The maximum Gasteiger partial charge on any atom is 0.335 e. The first-order chi connectivity index (χ1) is 28.3. The normalized spacial score (nSPS) is 54.1. The molecule has 0 aromatic rings. The van der Waals surface area contributed by atoms with Crippen LogP contribution in [-0.2, 0) is 28.6 Å². The summed E-state index contributed by atoms with van der Waals surface area (Å²) in [4.78, 5) is 39.3. The topological polar surface area (TPSA) is 192 Å². The highest BCUT2D eigenvalue weighted by atomic mass is 16.7. The molecule has 9 rings (SSSR count). The molecule has 0 aromatic carbocycles. The Hall–Kier alpha value is -2.45. The number of carbonyl (C=O) groups excluding carboxylic acids is 1. The van der Waals surface area contributed by atoms with Crippen LogP contribution in [0.2, 0.25) is 0 Å². The quantitative estimate of drug-likeness (QED) is 0.0966. The summed E-state index contributed by atoms with van der Waals surface area (Å²) in [5, 5.41) is 57.5. The number of aliphatic hydroxyl groups is 3. The number of ether oxygens (including phenoxy) is 3. The molecule has 1 heterocycles. The Morgan fingerprint density at radius 1 is 1.00 bits per heavy atom. The summed E-state index contributed by atoms with van der Waals surface area (Å²) < 4.78 is 18.4. The van der Waals surface area contributed by atoms with Crippen molar-refractivity contribution in [1.82, 2.24) is 5.32 Å². The zero-order valence-electron chi connectivity index (χ0n) is 36.6. The van der Waals surface area contributed by atoms with E-state index in [0.717, 1.165) is 51.4 Å². The number of hydrogen-bond donors (Lipinski definition) is 6. The van der Waals surface area contributed by atoms with Crippen molar-refractivity contribution < 1.29 is 54.1 Å². The van der Waals surface area contributed by atoms with E-state index in [-0.39, 0.29) is 57.2 Å². The van der Waals surface area contributed by atoms with Crippen molar-refractivity contribution in [3.05, 3.63) is 36.0 Å². The average molecular weight is 836 g/mol. The summed E-state index contributed by atoms with van der Waals surface area (Å²) >= 11 is 0. The Morgan fingerprint density at radius 2 is 1.75 bits per heavy atom. The molecule has 332 valence electrons. The lowest BCUT2D eigenvalue weighted by atomic mass is 9.19. The van der Waals surface area contributed by atoms with Crippen LogP contribution in [0.3, 0.4) is 0 Å². The molecule has 4 bridgehead atoms. The zero-order chi connectivity index (χ0) is 43.2. The minimum atomic E-state index is -1.81. The second-order valence-corrected chi connectivity index (χ2v) is 22.4. The van der Waals surface area contributed by atoms with Crippen LogP contribution in [0.5, 0.6) is 0 Å². The number of allylic oxidation sites excluding steroid dienone is 6. The van der Waals surface area contributed by atoms with Gasteiger partial charge in [0.1, 0.15) is 24.6 Å². The Morgan fingerprint density at radius 3 is 2.42 bits per heavy atom. The van der Waals surface area contributed by atoms with Crippen molar-refractivity contribution in [2.45, 2.75) is 136 Å². The maximum absolute atomic E-state index is 14.3. The van der Waals surface area contributed by atoms with E-state index in [9.17, 15) is 39.9 Å². The van der Waals surface area contributed by atoms with Gasteiger partial charge in [0.15, 0.2) is 12.4 Å². The van der Waals surface area contributed by atoms with Crippen molar-refractivity contribution in [2.75, 3.05) is 27.3 Å². The molecule has 12 heteroatoms. The number of methoxy groups -OCH3 is 1. The van der Waals surface area contributed by atoms with Crippen LogP contribution in [-0.4, -0.2) is 108 Å². The van der Waals surface area contributed by atoms with Gasteiger partial charge in [-0.05, 0) is 123 Å². The van der Waals surface area contributed by atoms with Gasteiger partial charge in [-0.2, -0.15) is 0 Å². The fourth-order valence-electron chi connectivity index (χ4n) is 18.3. The van der Waals surface area contributed by atoms with E-state index in [1.54, 1.807) is 7.11 Å². The number of carboxylic acids is 2. The standard InChI is InChI=1S/C48H69NO11/c1-41(2)31-10-14-43(4)46-16-17-47(40(56)57)29(24-58-7)22-42(3)12-8-13-45(47,25-42)32(46)20-28-19-26(23-49-6)30(44(31,5)48(28,43)15-9-27(46)11-18-50)21-33(41)59-39-36(53)34(51)35(52)37(60-39)38(54)55/h8-9,13,15,18,20,26-31,33-37,39,49,51-53H,10-12,14,16-17,19,21-25H2,1-7H3,(H,54,55)(H,56,57)/t26-,27+,28-,29+,30+,31-,33-,34-,35-,36+,37-,39+,42-,43-,44-,45-,46-,47-,48-/m0/s1. The van der Waals surface area contributed by atoms with Gasteiger partial charge in [-0.25, -0.2) is 4.79 Å². The van der Waals surface area contributed by atoms with Gasteiger partial charge in [0.2, 0.25) is 0 Å². The van der Waals surface area contributed by atoms with Crippen LogP contribution in [0.1, 0.15) is 98.8 Å². The van der Waals surface area contributed by atoms with E-state index in [2.05, 4.69) is 70.3 Å². The van der Waals surface area contributed by atoms with E-state index < -0.39 is 70.4 Å². The molecule has 19 atom stereocenters. The molecule has 0 amide bonds. The van der Waals surface area contributed by atoms with Crippen LogP contribution < -0.4 is 5.32 Å². The van der Waals surface area contributed by atoms with Crippen LogP contribution in [0.15, 0.2) is 36.0 Å². The van der Waals surface area contributed by atoms with Crippen molar-refractivity contribution in [3.63, 3.8) is 0 Å². The third-order valence-corrected chi connectivity index (χ3v) is 20.2. The lowest BCUT2D eigenvalue weighted by Crippen LogP contribution is -2.79. The fraction of sp³-hybridized carbons (Fsp3) is 0.812. The number of hydrogen-bond acceptors (Lipinski definition) is 10. The highest BCUT2D eigenvalue weighted by molar-refractivity contribution is 5.80. The van der Waals surface area contributed by atoms with Gasteiger partial charge in [0, 0.05) is 35.7 Å². The SMILES string of the molecule is CNC[C@@H]1C[C@H]2C=C3[C@@]45C=CC[C@@](C)(C[C@H](COC)[C@]4(C(=O)O)CC[C@]34[C@@H](CC=O)C=C[C@]23[C@@]2(C)[C@@H]1C[C@H](O[C@@H]1O[C@H](C(=O)O)[C@@H](O)[C@H](O)[C@H]1O)C(C)(C)[C@@H]2CC[C@]34C)C5. The molecule has 3 spiro atoms. The van der Waals surface area contributed by atoms with Crippen LogP contribution in [0, 0.1) is 78.8 Å². The highest BCUT2D eigenvalue weighted by Gasteiger charge is 2.84. The molecule has 6 fully saturated rings. The van der Waals surface area contributed by atoms with Gasteiger partial charge >= 0.3 is 11.9 Å². The van der Waals surface area contributed by atoms with Crippen LogP contribution in [0.25, 0.3) is 0 Å². The van der Waals surface area contributed by atoms with Crippen molar-refractivity contribution in [3.8, 4) is 0 Å². The lowest BCUT2D eigenvalue weighted by molar-refractivity contribution is -0.348. The second-order valence-electron chi connectivity index (χ2n) is 22.4. The molecule has 9 aliphatic rings. The van der Waals surface area contributed by atoms with Gasteiger partial charge in [-0.1, -0.05) is 70.6 Å². The fourth-order valence-corrected chi connectivity index (χ4v) is 18.3. The van der Waals surface area contributed by atoms with E-state index in [1.807, 2.05) is 7.05 Å². The van der Waals surface area contributed by atoms with Gasteiger partial charge < -0.3 is 49.9 Å². The maximum atomic E-state index is 14.3. The number of rotatable bonds is 10. The minimum absolute atomic E-state index is 0.0846. The molecule has 0 unspecified atom stereocenters. The monoisotopic (exact) mass is 835 g/mol. The molecule has 8 aliphatic carbocycles. The third-order valence-electron chi connectivity index (χ3n) is 20.2. The number of carbonyl (C=O) groups is 3. The minimum Gasteiger partial charge on any atom is -0.481 e. The molecule has 12 nitrogen and oxygen atoms in total. The van der Waals surface area contributed by atoms with Crippen molar-refractivity contribution >= 4 is 18.2 Å². The Bertz CT molecular complexity index is 1900. The molecule has 60 heavy (non-hydrogen) atoms. The summed E-state index contributed by atoms with van der Waals surface area (Å²) in [5.74, 6) is -1.91. The molecule has 1 saturated heterocycles. The second kappa shape index (κ2) is 13.8. The molecular formula is C48H69NO11. The van der Waals surface area contributed by atoms with E-state index in [4.69, 9.17) is 14.2 Å². The van der Waals surface area contributed by atoms with Crippen molar-refractivity contribution in [2.24, 2.45) is 78.8 Å². The highest BCUT2D eigenvalue weighted by Crippen LogP contribution is 2.89. The van der Waals surface area contributed by atoms with Gasteiger partial charge in [-0.3, -0.25) is 4.79 Å². The van der Waals surface area contributed by atoms with Crippen molar-refractivity contribution in [1.29, 1.82) is 0 Å². The molecule has 0 aromatic heterocycles. The summed E-state index contributed by atoms with van der Waals surface area (Å²) in [6, 6.07) is 0. The lowest BCUT2D eigenvalue weighted by Gasteiger charge is -2.84. The van der Waals surface area contributed by atoms with Gasteiger partial charge in [-0.15, -0.1) is 0 Å². The molecule has 0 radical (unpaired) electrons. The molecule has 6 N–H and O–H groups in total. The Labute approximate surface area is 354 Å². The number of aliphatic carboxylic acids is 2. The first-order valence-corrected chi connectivity index (χ1v) is 22.8. The summed E-state index contributed by atoms with van der Waals surface area (Å²) in [6.45, 7) is 13.0. The Kier molecular flexibility index (Phi) is 9.83. The first kappa shape index (κ1) is 42.8. The predicted octanol–water partition coefficient (Wildman–Crippen LogP) is 5.15. The summed E-state index contributed by atoms with van der Waals surface area (Å²) in [5.41, 5.74) is -2.54. The number of aliphatic hydroxyl groups excluding tert-OH is 3. The zero-order valence-corrected chi connectivity index (χ0v) is 36.6. The number of fused-ring (bicyclic) bond motifs is 1. The van der Waals surface area contributed by atoms with Crippen LogP contribution >= 0.6 is 0 Å². The van der Waals surface area contributed by atoms with E-state index >= 15 is 0 Å². The largest absolute Gasteiger partial charge is 0.481 e. The number of nitrogens with one attached hydrogen (secondary N) is 1. The predicted molar refractivity (Wildman–Crippen MR) is 220 cm³/mol. The average Bonchev–Trinajstić information content (AvgIpc) is 3.16. The summed E-state index contributed by atoms with van der Waals surface area (Å²) in [7, 11) is 3.69. The first-order valence-electron chi connectivity index (χ1n) is 22.8. The molecule has 1 aliphatic heterocycles. The number of aldehydes is 1. The van der Waals surface area contributed by atoms with Gasteiger partial charge in [0.05, 0.1) is 18.1 Å². The van der Waals surface area contributed by atoms with E-state index in [1.165, 1.54) is 5.57 Å². The van der Waals surface area contributed by atoms with Gasteiger partial charge in [0.25, 0.3) is 0 Å².